The monoisotopic (exact) mass is 246 g/mol. The number of amides is 2. The first kappa shape index (κ1) is 14.8. The van der Waals surface area contributed by atoms with Crippen LogP contribution in [0.1, 0.15) is 13.8 Å². The van der Waals surface area contributed by atoms with Gasteiger partial charge in [-0.3, -0.25) is 0 Å². The lowest BCUT2D eigenvalue weighted by Crippen LogP contribution is -2.48. The van der Waals surface area contributed by atoms with E-state index in [1.165, 1.54) is 11.9 Å². The maximum absolute atomic E-state index is 11.5. The van der Waals surface area contributed by atoms with Crippen LogP contribution < -0.4 is 5.32 Å². The standard InChI is InChI=1S/C10H18N2O3S/c1-6-7-11-10(13)12(4)8(2)9(3)16(5,14)15/h1,8-9H,7H2,2-5H3,(H,11,13)/t8-,9-/m1/s1. The quantitative estimate of drug-likeness (QED) is 0.715. The summed E-state index contributed by atoms with van der Waals surface area (Å²) in [4.78, 5) is 12.8. The maximum Gasteiger partial charge on any atom is 0.318 e. The van der Waals surface area contributed by atoms with E-state index in [-0.39, 0.29) is 12.6 Å². The van der Waals surface area contributed by atoms with E-state index in [1.807, 2.05) is 0 Å². The maximum atomic E-state index is 11.5. The zero-order chi connectivity index (χ0) is 12.9. The summed E-state index contributed by atoms with van der Waals surface area (Å²) in [5, 5.41) is 1.86. The van der Waals surface area contributed by atoms with Gasteiger partial charge in [-0.05, 0) is 13.8 Å². The summed E-state index contributed by atoms with van der Waals surface area (Å²) in [7, 11) is -1.62. The minimum Gasteiger partial charge on any atom is -0.327 e. The molecule has 5 nitrogen and oxygen atoms in total. The predicted octanol–water partition coefficient (Wildman–Crippen LogP) is 0.0826. The fourth-order valence-electron chi connectivity index (χ4n) is 1.11. The van der Waals surface area contributed by atoms with E-state index >= 15 is 0 Å². The number of terminal acetylenes is 1. The zero-order valence-electron chi connectivity index (χ0n) is 10.0. The van der Waals surface area contributed by atoms with Gasteiger partial charge >= 0.3 is 6.03 Å². The molecule has 0 radical (unpaired) electrons. The van der Waals surface area contributed by atoms with Crippen LogP contribution in [-0.2, 0) is 9.84 Å². The molecule has 0 aliphatic carbocycles. The molecule has 0 aromatic rings. The molecule has 2 amide bonds. The number of carbonyl (C=O) groups is 1. The summed E-state index contributed by atoms with van der Waals surface area (Å²) in [6.07, 6.45) is 6.16. The van der Waals surface area contributed by atoms with E-state index in [2.05, 4.69) is 11.2 Å². The van der Waals surface area contributed by atoms with Gasteiger partial charge in [-0.1, -0.05) is 5.92 Å². The Bertz CT molecular complexity index is 383. The highest BCUT2D eigenvalue weighted by atomic mass is 32.2. The predicted molar refractivity (Wildman–Crippen MR) is 63.8 cm³/mol. The number of sulfone groups is 1. The van der Waals surface area contributed by atoms with Crippen molar-refractivity contribution in [2.24, 2.45) is 0 Å². The molecule has 92 valence electrons. The number of nitrogens with one attached hydrogen (secondary N) is 1. The van der Waals surface area contributed by atoms with Crippen LogP contribution in [-0.4, -0.2) is 50.5 Å². The van der Waals surface area contributed by atoms with Crippen LogP contribution in [0.5, 0.6) is 0 Å². The summed E-state index contributed by atoms with van der Waals surface area (Å²) in [6, 6.07) is -0.784. The fourth-order valence-corrected chi connectivity index (χ4v) is 2.01. The lowest BCUT2D eigenvalue weighted by atomic mass is 10.2. The highest BCUT2D eigenvalue weighted by Gasteiger charge is 2.27. The van der Waals surface area contributed by atoms with Crippen molar-refractivity contribution in [3.8, 4) is 12.3 Å². The van der Waals surface area contributed by atoms with Gasteiger partial charge in [0.25, 0.3) is 0 Å². The smallest absolute Gasteiger partial charge is 0.318 e. The molecule has 0 aliphatic rings. The molecule has 0 unspecified atom stereocenters. The Morgan fingerprint density at radius 3 is 2.38 bits per heavy atom. The molecule has 0 saturated heterocycles. The first-order valence-corrected chi connectivity index (χ1v) is 6.80. The third-order valence-corrected chi connectivity index (χ3v) is 4.37. The van der Waals surface area contributed by atoms with Crippen LogP contribution in [0.15, 0.2) is 0 Å². The number of rotatable bonds is 4. The van der Waals surface area contributed by atoms with Crippen molar-refractivity contribution >= 4 is 15.9 Å². The van der Waals surface area contributed by atoms with Gasteiger partial charge in [0.1, 0.15) is 0 Å². The Balaban J connectivity index is 4.57. The minimum absolute atomic E-state index is 0.128. The van der Waals surface area contributed by atoms with Crippen molar-refractivity contribution < 1.29 is 13.2 Å². The van der Waals surface area contributed by atoms with Crippen molar-refractivity contribution in [2.75, 3.05) is 19.8 Å². The fraction of sp³-hybridized carbons (Fsp3) is 0.700. The van der Waals surface area contributed by atoms with Crippen molar-refractivity contribution in [2.45, 2.75) is 25.1 Å². The number of hydrogen-bond acceptors (Lipinski definition) is 3. The van der Waals surface area contributed by atoms with Crippen LogP contribution in [0.25, 0.3) is 0 Å². The van der Waals surface area contributed by atoms with Gasteiger partial charge < -0.3 is 10.2 Å². The van der Waals surface area contributed by atoms with Crippen LogP contribution in [0.2, 0.25) is 0 Å². The average Bonchev–Trinajstić information content (AvgIpc) is 2.21. The van der Waals surface area contributed by atoms with E-state index < -0.39 is 21.1 Å². The summed E-state index contributed by atoms with van der Waals surface area (Å²) in [5.41, 5.74) is 0. The molecule has 0 aliphatic heterocycles. The average molecular weight is 246 g/mol. The molecule has 0 bridgehead atoms. The molecule has 0 aromatic heterocycles. The summed E-state index contributed by atoms with van der Waals surface area (Å²) >= 11 is 0. The SMILES string of the molecule is C#CCNC(=O)N(C)[C@H](C)[C@@H](C)S(C)(=O)=O. The molecule has 1 N–H and O–H groups in total. The molecule has 0 fully saturated rings. The van der Waals surface area contributed by atoms with Gasteiger partial charge in [-0.25, -0.2) is 13.2 Å². The first-order valence-electron chi connectivity index (χ1n) is 4.84. The molecule has 0 saturated carbocycles. The lowest BCUT2D eigenvalue weighted by Gasteiger charge is -2.28. The summed E-state index contributed by atoms with van der Waals surface area (Å²) in [6.45, 7) is 3.38. The Morgan fingerprint density at radius 1 is 1.50 bits per heavy atom. The van der Waals surface area contributed by atoms with Crippen LogP contribution in [0.3, 0.4) is 0 Å². The van der Waals surface area contributed by atoms with E-state index in [4.69, 9.17) is 6.42 Å². The van der Waals surface area contributed by atoms with Gasteiger partial charge in [0.2, 0.25) is 0 Å². The van der Waals surface area contributed by atoms with Crippen molar-refractivity contribution in [1.29, 1.82) is 0 Å². The van der Waals surface area contributed by atoms with Gasteiger partial charge in [0, 0.05) is 19.3 Å². The van der Waals surface area contributed by atoms with Crippen LogP contribution in [0, 0.1) is 12.3 Å². The molecule has 0 spiro atoms. The highest BCUT2D eigenvalue weighted by Crippen LogP contribution is 2.09. The van der Waals surface area contributed by atoms with Crippen molar-refractivity contribution in [1.82, 2.24) is 10.2 Å². The Labute approximate surface area is 97.1 Å². The van der Waals surface area contributed by atoms with E-state index in [1.54, 1.807) is 13.8 Å². The van der Waals surface area contributed by atoms with E-state index in [0.29, 0.717) is 0 Å². The first-order chi connectivity index (χ1) is 7.21. The largest absolute Gasteiger partial charge is 0.327 e. The molecule has 16 heavy (non-hydrogen) atoms. The Kier molecular flexibility index (Phi) is 5.31. The van der Waals surface area contributed by atoms with Crippen LogP contribution in [0.4, 0.5) is 4.79 Å². The second-order valence-corrected chi connectivity index (χ2v) is 6.15. The van der Waals surface area contributed by atoms with Crippen molar-refractivity contribution in [3.63, 3.8) is 0 Å². The van der Waals surface area contributed by atoms with Gasteiger partial charge in [-0.15, -0.1) is 6.42 Å². The molecule has 0 heterocycles. The normalized spacial score (nSPS) is 14.7. The third kappa shape index (κ3) is 4.11. The molecular formula is C10H18N2O3S. The molecule has 6 heteroatoms. The number of carbonyl (C=O) groups excluding carboxylic acids is 1. The van der Waals surface area contributed by atoms with Crippen LogP contribution >= 0.6 is 0 Å². The molecule has 0 rings (SSSR count). The highest BCUT2D eigenvalue weighted by molar-refractivity contribution is 7.91. The Hall–Kier alpha value is -1.22. The summed E-state index contributed by atoms with van der Waals surface area (Å²) in [5.74, 6) is 2.28. The second kappa shape index (κ2) is 5.75. The minimum atomic E-state index is -3.16. The zero-order valence-corrected chi connectivity index (χ0v) is 10.8. The number of urea groups is 1. The van der Waals surface area contributed by atoms with Gasteiger partial charge in [0.15, 0.2) is 9.84 Å². The number of hydrogen-bond donors (Lipinski definition) is 1. The third-order valence-electron chi connectivity index (χ3n) is 2.63. The molecule has 2 atom stereocenters. The van der Waals surface area contributed by atoms with Crippen molar-refractivity contribution in [3.05, 3.63) is 0 Å². The topological polar surface area (TPSA) is 66.5 Å². The second-order valence-electron chi connectivity index (χ2n) is 3.75. The van der Waals surface area contributed by atoms with Gasteiger partial charge in [0.05, 0.1) is 11.8 Å². The van der Waals surface area contributed by atoms with E-state index in [0.717, 1.165) is 6.26 Å². The van der Waals surface area contributed by atoms with E-state index in [9.17, 15) is 13.2 Å². The van der Waals surface area contributed by atoms with Gasteiger partial charge in [-0.2, -0.15) is 0 Å². The lowest BCUT2D eigenvalue weighted by molar-refractivity contribution is 0.194. The Morgan fingerprint density at radius 2 is 2.00 bits per heavy atom. The summed E-state index contributed by atoms with van der Waals surface area (Å²) < 4.78 is 22.6. The molecular weight excluding hydrogens is 228 g/mol. The number of nitrogens with zero attached hydrogens (tertiary/aromatic N) is 1. The molecule has 0 aromatic carbocycles.